The monoisotopic (exact) mass is 430 g/mol. The molecule has 5 rings (SSSR count). The van der Waals surface area contributed by atoms with Crippen molar-refractivity contribution in [3.05, 3.63) is 77.6 Å². The van der Waals surface area contributed by atoms with Crippen molar-refractivity contribution in [2.75, 3.05) is 13.1 Å². The number of ketones is 1. The van der Waals surface area contributed by atoms with Crippen molar-refractivity contribution in [2.45, 2.75) is 12.8 Å². The minimum Gasteiger partial charge on any atom is -0.360 e. The van der Waals surface area contributed by atoms with Gasteiger partial charge in [-0.3, -0.25) is 9.59 Å². The van der Waals surface area contributed by atoms with Gasteiger partial charge in [0.2, 0.25) is 12.2 Å². The predicted molar refractivity (Wildman–Crippen MR) is 116 cm³/mol. The van der Waals surface area contributed by atoms with Crippen LogP contribution in [0.5, 0.6) is 0 Å². The second-order valence-corrected chi connectivity index (χ2v) is 7.64. The van der Waals surface area contributed by atoms with Crippen LogP contribution in [0.15, 0.2) is 65.2 Å². The van der Waals surface area contributed by atoms with Crippen molar-refractivity contribution in [3.63, 3.8) is 0 Å². The standard InChI is InChI=1S/C24H19FN4O3/c25-19-7-6-17(23-27-14-32-28-23)21-20(19)18(13-26-21)22(30)24(31)29-10-8-16(9-11-29)12-15-4-2-1-3-5-15/h1-7,12-14,26H,8-11H2. The molecular weight excluding hydrogens is 411 g/mol. The molecule has 0 bridgehead atoms. The Morgan fingerprint density at radius 3 is 2.59 bits per heavy atom. The summed E-state index contributed by atoms with van der Waals surface area (Å²) < 4.78 is 19.4. The van der Waals surface area contributed by atoms with E-state index in [4.69, 9.17) is 4.52 Å². The van der Waals surface area contributed by atoms with Gasteiger partial charge in [-0.1, -0.05) is 47.1 Å². The first kappa shape index (κ1) is 19.9. The summed E-state index contributed by atoms with van der Waals surface area (Å²) in [5.41, 5.74) is 3.17. The van der Waals surface area contributed by atoms with E-state index in [1.165, 1.54) is 35.2 Å². The summed E-state index contributed by atoms with van der Waals surface area (Å²) in [5.74, 6) is -1.71. The normalized spacial score (nSPS) is 14.0. The summed E-state index contributed by atoms with van der Waals surface area (Å²) in [6.07, 6.45) is 6.04. The second kappa shape index (κ2) is 8.22. The number of rotatable bonds is 4. The van der Waals surface area contributed by atoms with Gasteiger partial charge in [-0.2, -0.15) is 4.98 Å². The van der Waals surface area contributed by atoms with E-state index in [1.807, 2.05) is 30.3 Å². The van der Waals surface area contributed by atoms with Gasteiger partial charge in [-0.15, -0.1) is 0 Å². The predicted octanol–water partition coefficient (Wildman–Crippen LogP) is 4.25. The second-order valence-electron chi connectivity index (χ2n) is 7.64. The number of benzene rings is 2. The highest BCUT2D eigenvalue weighted by Gasteiger charge is 2.29. The lowest BCUT2D eigenvalue weighted by Gasteiger charge is -2.28. The van der Waals surface area contributed by atoms with E-state index >= 15 is 0 Å². The Hall–Kier alpha value is -4.07. The van der Waals surface area contributed by atoms with E-state index in [2.05, 4.69) is 21.2 Å². The van der Waals surface area contributed by atoms with Gasteiger partial charge in [0.05, 0.1) is 11.1 Å². The van der Waals surface area contributed by atoms with Gasteiger partial charge in [0.25, 0.3) is 11.7 Å². The number of carbonyl (C=O) groups excluding carboxylic acids is 2. The molecule has 1 saturated heterocycles. The molecule has 7 nitrogen and oxygen atoms in total. The zero-order valence-corrected chi connectivity index (χ0v) is 17.0. The number of amides is 1. The fourth-order valence-corrected chi connectivity index (χ4v) is 4.05. The maximum Gasteiger partial charge on any atom is 0.295 e. The van der Waals surface area contributed by atoms with Crippen LogP contribution in [0.1, 0.15) is 28.8 Å². The molecule has 1 fully saturated rings. The van der Waals surface area contributed by atoms with Crippen molar-refractivity contribution in [3.8, 4) is 11.4 Å². The maximum absolute atomic E-state index is 14.7. The number of H-pyrrole nitrogens is 1. The van der Waals surface area contributed by atoms with Crippen molar-refractivity contribution >= 4 is 28.7 Å². The molecule has 0 radical (unpaired) electrons. The first-order valence-corrected chi connectivity index (χ1v) is 10.3. The number of nitrogens with zero attached hydrogens (tertiary/aromatic N) is 3. The molecule has 32 heavy (non-hydrogen) atoms. The van der Waals surface area contributed by atoms with E-state index in [-0.39, 0.29) is 16.8 Å². The molecule has 2 aromatic heterocycles. The van der Waals surface area contributed by atoms with Crippen LogP contribution in [0.2, 0.25) is 0 Å². The lowest BCUT2D eigenvalue weighted by atomic mass is 9.99. The summed E-state index contributed by atoms with van der Waals surface area (Å²) in [4.78, 5) is 34.3. The van der Waals surface area contributed by atoms with Crippen LogP contribution in [0.3, 0.4) is 0 Å². The van der Waals surface area contributed by atoms with Crippen molar-refractivity contribution in [1.82, 2.24) is 20.0 Å². The number of aromatic nitrogens is 3. The van der Waals surface area contributed by atoms with E-state index < -0.39 is 17.5 Å². The molecule has 0 saturated carbocycles. The fraction of sp³-hybridized carbons (Fsp3) is 0.167. The number of hydrogen-bond acceptors (Lipinski definition) is 5. The molecule has 8 heteroatoms. The summed E-state index contributed by atoms with van der Waals surface area (Å²) in [7, 11) is 0. The molecule has 0 aliphatic carbocycles. The van der Waals surface area contributed by atoms with Gasteiger partial charge in [-0.25, -0.2) is 4.39 Å². The first-order chi connectivity index (χ1) is 15.6. The zero-order valence-electron chi connectivity index (χ0n) is 17.0. The van der Waals surface area contributed by atoms with Crippen LogP contribution in [0.25, 0.3) is 28.4 Å². The molecule has 0 spiro atoms. The molecule has 3 heterocycles. The topological polar surface area (TPSA) is 92.1 Å². The Labute approximate surface area is 182 Å². The lowest BCUT2D eigenvalue weighted by Crippen LogP contribution is -2.40. The smallest absolute Gasteiger partial charge is 0.295 e. The molecule has 0 unspecified atom stereocenters. The van der Waals surface area contributed by atoms with Crippen molar-refractivity contribution in [2.24, 2.45) is 0 Å². The van der Waals surface area contributed by atoms with E-state index in [9.17, 15) is 14.0 Å². The van der Waals surface area contributed by atoms with Crippen molar-refractivity contribution < 1.29 is 18.5 Å². The van der Waals surface area contributed by atoms with E-state index in [0.29, 0.717) is 37.0 Å². The number of aromatic amines is 1. The molecule has 2 aromatic carbocycles. The van der Waals surface area contributed by atoms with Crippen LogP contribution in [-0.2, 0) is 4.79 Å². The molecular formula is C24H19FN4O3. The largest absolute Gasteiger partial charge is 0.360 e. The third-order valence-corrected chi connectivity index (χ3v) is 5.69. The van der Waals surface area contributed by atoms with Crippen LogP contribution in [0.4, 0.5) is 4.39 Å². The minimum atomic E-state index is -0.740. The van der Waals surface area contributed by atoms with Gasteiger partial charge < -0.3 is 14.4 Å². The summed E-state index contributed by atoms with van der Waals surface area (Å²) in [6, 6.07) is 12.7. The Bertz CT molecular complexity index is 1320. The lowest BCUT2D eigenvalue weighted by molar-refractivity contribution is -0.126. The average molecular weight is 430 g/mol. The number of carbonyl (C=O) groups is 2. The zero-order chi connectivity index (χ0) is 22.1. The number of nitrogens with one attached hydrogen (secondary N) is 1. The van der Waals surface area contributed by atoms with Crippen LogP contribution >= 0.6 is 0 Å². The third kappa shape index (κ3) is 3.60. The highest BCUT2D eigenvalue weighted by atomic mass is 19.1. The first-order valence-electron chi connectivity index (χ1n) is 10.3. The van der Waals surface area contributed by atoms with Crippen molar-refractivity contribution in [1.29, 1.82) is 0 Å². The molecule has 1 N–H and O–H groups in total. The summed E-state index contributed by atoms with van der Waals surface area (Å²) >= 11 is 0. The number of fused-ring (bicyclic) bond motifs is 1. The Morgan fingerprint density at radius 2 is 1.88 bits per heavy atom. The van der Waals surface area contributed by atoms with Crippen LogP contribution in [-0.4, -0.2) is 44.8 Å². The van der Waals surface area contributed by atoms with E-state index in [1.54, 1.807) is 0 Å². The molecule has 1 aliphatic heterocycles. The SMILES string of the molecule is O=C(C(=O)N1CCC(=Cc2ccccc2)CC1)c1c[nH]c2c(-c3ncon3)ccc(F)c12. The highest BCUT2D eigenvalue weighted by Crippen LogP contribution is 2.31. The Balaban J connectivity index is 1.36. The quantitative estimate of drug-likeness (QED) is 0.386. The van der Waals surface area contributed by atoms with Gasteiger partial charge in [-0.05, 0) is 30.5 Å². The summed E-state index contributed by atoms with van der Waals surface area (Å²) in [6.45, 7) is 0.893. The molecule has 4 aromatic rings. The number of Topliss-reactive ketones (excluding diaryl/α,β-unsaturated/α-hetero) is 1. The van der Waals surface area contributed by atoms with Gasteiger partial charge >= 0.3 is 0 Å². The fourth-order valence-electron chi connectivity index (χ4n) is 4.05. The van der Waals surface area contributed by atoms with Crippen LogP contribution in [0, 0.1) is 5.82 Å². The van der Waals surface area contributed by atoms with Crippen LogP contribution < -0.4 is 0 Å². The average Bonchev–Trinajstić information content (AvgIpc) is 3.51. The van der Waals surface area contributed by atoms with E-state index in [0.717, 1.165) is 5.56 Å². The molecule has 160 valence electrons. The minimum absolute atomic E-state index is 0.00142. The molecule has 1 amide bonds. The number of halogens is 1. The highest BCUT2D eigenvalue weighted by molar-refractivity contribution is 6.45. The Morgan fingerprint density at radius 1 is 1.09 bits per heavy atom. The molecule has 1 aliphatic rings. The number of hydrogen-bond donors (Lipinski definition) is 1. The molecule has 0 atom stereocenters. The summed E-state index contributed by atoms with van der Waals surface area (Å²) in [5, 5.41) is 3.82. The number of likely N-dealkylation sites (tertiary alicyclic amines) is 1. The van der Waals surface area contributed by atoms with Gasteiger partial charge in [0, 0.05) is 30.2 Å². The maximum atomic E-state index is 14.7. The Kier molecular flexibility index (Phi) is 5.10. The van der Waals surface area contributed by atoms with Gasteiger partial charge in [0.1, 0.15) is 5.82 Å². The van der Waals surface area contributed by atoms with Gasteiger partial charge in [0.15, 0.2) is 0 Å². The number of piperidine rings is 1. The third-order valence-electron chi connectivity index (χ3n) is 5.69.